The van der Waals surface area contributed by atoms with Crippen LogP contribution in [-0.4, -0.2) is 32.4 Å². The van der Waals surface area contributed by atoms with Crippen LogP contribution in [0.3, 0.4) is 0 Å². The summed E-state index contributed by atoms with van der Waals surface area (Å²) in [6, 6.07) is 4.23. The minimum absolute atomic E-state index is 0.200. The summed E-state index contributed by atoms with van der Waals surface area (Å²) in [7, 11) is 0. The van der Waals surface area contributed by atoms with Gasteiger partial charge in [0.1, 0.15) is 5.56 Å². The van der Waals surface area contributed by atoms with Crippen LogP contribution in [-0.2, 0) is 0 Å². The van der Waals surface area contributed by atoms with Gasteiger partial charge in [-0.1, -0.05) is 6.92 Å². The lowest BCUT2D eigenvalue weighted by molar-refractivity contribution is 0.0690. The monoisotopic (exact) mass is 305 g/mol. The molecular formula is C15H16FN3O3. The molecule has 0 atom stereocenters. The molecule has 7 heteroatoms. The third-order valence-electron chi connectivity index (χ3n) is 3.92. The fourth-order valence-electron chi connectivity index (χ4n) is 2.09. The number of aromatic carboxylic acids is 1. The van der Waals surface area contributed by atoms with Crippen molar-refractivity contribution in [2.45, 2.75) is 26.2 Å². The van der Waals surface area contributed by atoms with Crippen molar-refractivity contribution in [3.05, 3.63) is 35.9 Å². The zero-order valence-corrected chi connectivity index (χ0v) is 12.1. The maximum atomic E-state index is 13.6. The van der Waals surface area contributed by atoms with Gasteiger partial charge in [-0.25, -0.2) is 9.48 Å². The van der Waals surface area contributed by atoms with E-state index >= 15 is 0 Å². The van der Waals surface area contributed by atoms with E-state index < -0.39 is 17.5 Å². The highest BCUT2D eigenvalue weighted by molar-refractivity contribution is 5.87. The van der Waals surface area contributed by atoms with Crippen LogP contribution < -0.4 is 4.74 Å². The number of carboxylic acids is 1. The van der Waals surface area contributed by atoms with Crippen LogP contribution in [0.25, 0.3) is 5.82 Å². The fourth-order valence-corrected chi connectivity index (χ4v) is 2.09. The number of carbonyl (C=O) groups is 1. The number of hydrogen-bond acceptors (Lipinski definition) is 4. The smallest absolute Gasteiger partial charge is 0.340 e. The lowest BCUT2D eigenvalue weighted by atomic mass is 10.1. The Bertz CT molecular complexity index is 710. The molecule has 0 aliphatic heterocycles. The number of halogens is 1. The van der Waals surface area contributed by atoms with Crippen LogP contribution in [0.15, 0.2) is 24.4 Å². The van der Waals surface area contributed by atoms with Crippen LogP contribution >= 0.6 is 0 Å². The molecule has 0 saturated heterocycles. The van der Waals surface area contributed by atoms with Crippen LogP contribution in [0.1, 0.15) is 36.5 Å². The topological polar surface area (TPSA) is 77.2 Å². The molecule has 1 aliphatic rings. The van der Waals surface area contributed by atoms with E-state index in [1.807, 2.05) is 0 Å². The molecule has 1 aliphatic carbocycles. The second-order valence-corrected chi connectivity index (χ2v) is 5.82. The second kappa shape index (κ2) is 5.40. The van der Waals surface area contributed by atoms with Gasteiger partial charge in [-0.3, -0.25) is 0 Å². The summed E-state index contributed by atoms with van der Waals surface area (Å²) in [6.45, 7) is 2.82. The summed E-state index contributed by atoms with van der Waals surface area (Å²) in [5.74, 6) is -1.75. The van der Waals surface area contributed by atoms with E-state index in [1.165, 1.54) is 23.6 Å². The third-order valence-corrected chi connectivity index (χ3v) is 3.92. The van der Waals surface area contributed by atoms with E-state index in [0.29, 0.717) is 17.9 Å². The molecule has 1 fully saturated rings. The Hall–Kier alpha value is -2.44. The van der Waals surface area contributed by atoms with Gasteiger partial charge in [0.25, 0.3) is 0 Å². The molecule has 0 bridgehead atoms. The summed E-state index contributed by atoms with van der Waals surface area (Å²) in [6.07, 6.45) is 5.06. The maximum absolute atomic E-state index is 13.6. The van der Waals surface area contributed by atoms with Crippen molar-refractivity contribution in [3.63, 3.8) is 0 Å². The van der Waals surface area contributed by atoms with Crippen molar-refractivity contribution in [2.75, 3.05) is 6.61 Å². The lowest BCUT2D eigenvalue weighted by Gasteiger charge is -2.07. The van der Waals surface area contributed by atoms with Crippen LogP contribution in [0.5, 0.6) is 5.88 Å². The number of rotatable bonds is 6. The largest absolute Gasteiger partial charge is 0.478 e. The zero-order valence-electron chi connectivity index (χ0n) is 12.1. The molecule has 2 aromatic rings. The number of hydrogen-bond donors (Lipinski definition) is 1. The molecule has 6 nitrogen and oxygen atoms in total. The van der Waals surface area contributed by atoms with Gasteiger partial charge in [0, 0.05) is 12.3 Å². The summed E-state index contributed by atoms with van der Waals surface area (Å²) >= 11 is 0. The number of nitrogens with zero attached hydrogens (tertiary/aromatic N) is 3. The molecule has 1 N–H and O–H groups in total. The van der Waals surface area contributed by atoms with Gasteiger partial charge >= 0.3 is 5.97 Å². The number of ether oxygens (including phenoxy) is 1. The van der Waals surface area contributed by atoms with Crippen LogP contribution in [0.2, 0.25) is 0 Å². The van der Waals surface area contributed by atoms with E-state index in [0.717, 1.165) is 12.5 Å². The first-order chi connectivity index (χ1) is 10.5. The van der Waals surface area contributed by atoms with Crippen molar-refractivity contribution in [1.29, 1.82) is 0 Å². The number of pyridine rings is 1. The van der Waals surface area contributed by atoms with Crippen molar-refractivity contribution >= 4 is 5.97 Å². The van der Waals surface area contributed by atoms with Gasteiger partial charge in [0.05, 0.1) is 6.61 Å². The highest BCUT2D eigenvalue weighted by Crippen LogP contribution is 2.47. The standard InChI is InChI=1S/C15H16FN3O3/c1-15(5-6-15)7-9-22-12-4-8-19(18-12)11-3-2-10(14(20)21)13(16)17-11/h2-4,8H,5-7,9H2,1H3,(H,20,21). The Morgan fingerprint density at radius 1 is 1.45 bits per heavy atom. The first-order valence-electron chi connectivity index (χ1n) is 7.06. The van der Waals surface area contributed by atoms with E-state index in [1.54, 1.807) is 12.3 Å². The number of carboxylic acid groups (broad SMARTS) is 1. The van der Waals surface area contributed by atoms with Crippen molar-refractivity contribution in [3.8, 4) is 11.7 Å². The third kappa shape index (κ3) is 3.08. The highest BCUT2D eigenvalue weighted by Gasteiger charge is 2.36. The Balaban J connectivity index is 1.67. The molecule has 3 rings (SSSR count). The van der Waals surface area contributed by atoms with Gasteiger partial charge in [-0.15, -0.1) is 5.10 Å². The molecular weight excluding hydrogens is 289 g/mol. The van der Waals surface area contributed by atoms with Crippen molar-refractivity contribution in [2.24, 2.45) is 5.41 Å². The normalized spacial score (nSPS) is 15.5. The van der Waals surface area contributed by atoms with Crippen molar-refractivity contribution in [1.82, 2.24) is 14.8 Å². The van der Waals surface area contributed by atoms with Crippen LogP contribution in [0.4, 0.5) is 4.39 Å². The molecule has 22 heavy (non-hydrogen) atoms. The molecule has 2 aromatic heterocycles. The van der Waals surface area contributed by atoms with Gasteiger partial charge in [-0.2, -0.15) is 9.37 Å². The summed E-state index contributed by atoms with van der Waals surface area (Å²) in [5, 5.41) is 12.9. The maximum Gasteiger partial charge on any atom is 0.340 e. The van der Waals surface area contributed by atoms with Gasteiger partial charge < -0.3 is 9.84 Å². The SMILES string of the molecule is CC1(CCOc2ccn(-c3ccc(C(=O)O)c(F)n3)n2)CC1. The average molecular weight is 305 g/mol. The number of aromatic nitrogens is 3. The molecule has 0 amide bonds. The molecule has 116 valence electrons. The van der Waals surface area contributed by atoms with E-state index in [2.05, 4.69) is 17.0 Å². The predicted molar refractivity (Wildman–Crippen MR) is 75.7 cm³/mol. The first-order valence-corrected chi connectivity index (χ1v) is 7.06. The predicted octanol–water partition coefficient (Wildman–Crippen LogP) is 2.67. The van der Waals surface area contributed by atoms with Gasteiger partial charge in [0.2, 0.25) is 11.8 Å². The fraction of sp³-hybridized carbons (Fsp3) is 0.400. The Morgan fingerprint density at radius 3 is 2.86 bits per heavy atom. The second-order valence-electron chi connectivity index (χ2n) is 5.82. The van der Waals surface area contributed by atoms with Gasteiger partial charge in [0.15, 0.2) is 5.82 Å². The quantitative estimate of drug-likeness (QED) is 0.830. The molecule has 0 unspecified atom stereocenters. The summed E-state index contributed by atoms with van der Waals surface area (Å²) < 4.78 is 20.5. The van der Waals surface area contributed by atoms with Crippen LogP contribution in [0, 0.1) is 11.4 Å². The Kier molecular flexibility index (Phi) is 3.56. The lowest BCUT2D eigenvalue weighted by Crippen LogP contribution is -2.07. The minimum Gasteiger partial charge on any atom is -0.478 e. The summed E-state index contributed by atoms with van der Waals surface area (Å²) in [4.78, 5) is 14.4. The van der Waals surface area contributed by atoms with Gasteiger partial charge in [-0.05, 0) is 36.8 Å². The molecule has 2 heterocycles. The molecule has 1 saturated carbocycles. The minimum atomic E-state index is -1.35. The molecule has 0 radical (unpaired) electrons. The van der Waals surface area contributed by atoms with E-state index in [9.17, 15) is 9.18 Å². The zero-order chi connectivity index (χ0) is 15.7. The molecule has 0 spiro atoms. The molecule has 0 aromatic carbocycles. The van der Waals surface area contributed by atoms with E-state index in [4.69, 9.17) is 9.84 Å². The van der Waals surface area contributed by atoms with Crippen molar-refractivity contribution < 1.29 is 19.0 Å². The first kappa shape index (κ1) is 14.5. The van der Waals surface area contributed by atoms with E-state index in [-0.39, 0.29) is 5.82 Å². The summed E-state index contributed by atoms with van der Waals surface area (Å²) in [5.41, 5.74) is -0.0510. The average Bonchev–Trinajstić information content (AvgIpc) is 3.01. The Morgan fingerprint density at radius 2 is 2.23 bits per heavy atom. The highest BCUT2D eigenvalue weighted by atomic mass is 19.1. The Labute approximate surface area is 126 Å².